The largest absolute Gasteiger partial charge is 0.378 e. The van der Waals surface area contributed by atoms with Crippen LogP contribution in [0.4, 0.5) is 17.6 Å². The first-order valence-corrected chi connectivity index (χ1v) is 8.04. The van der Waals surface area contributed by atoms with Crippen LogP contribution in [0.1, 0.15) is 5.69 Å². The Kier molecular flexibility index (Phi) is 3.39. The van der Waals surface area contributed by atoms with Crippen LogP contribution in [0, 0.1) is 6.92 Å². The lowest BCUT2D eigenvalue weighted by Crippen LogP contribution is -2.36. The first-order chi connectivity index (χ1) is 10.8. The number of aromatic amines is 1. The number of anilines is 3. The van der Waals surface area contributed by atoms with E-state index >= 15 is 0 Å². The molecule has 1 aliphatic rings. The van der Waals surface area contributed by atoms with Gasteiger partial charge < -0.3 is 15.0 Å². The second kappa shape index (κ2) is 5.54. The van der Waals surface area contributed by atoms with E-state index in [1.165, 1.54) is 0 Å². The van der Waals surface area contributed by atoms with Gasteiger partial charge in [-0.3, -0.25) is 5.10 Å². The van der Waals surface area contributed by atoms with Gasteiger partial charge in [-0.15, -0.1) is 11.3 Å². The summed E-state index contributed by atoms with van der Waals surface area (Å²) < 4.78 is 6.55. The molecule has 0 unspecified atom stereocenters. The molecular weight excluding hydrogens is 300 g/mol. The van der Waals surface area contributed by atoms with Crippen LogP contribution in [-0.4, -0.2) is 46.5 Å². The summed E-state index contributed by atoms with van der Waals surface area (Å²) in [7, 11) is 0. The van der Waals surface area contributed by atoms with E-state index < -0.39 is 0 Å². The maximum Gasteiger partial charge on any atom is 0.231 e. The molecule has 0 saturated carbocycles. The molecule has 0 atom stereocenters. The number of H-pyrrole nitrogens is 1. The zero-order valence-electron chi connectivity index (χ0n) is 12.2. The minimum Gasteiger partial charge on any atom is -0.378 e. The number of nitrogens with one attached hydrogen (secondary N) is 2. The molecule has 0 amide bonds. The lowest BCUT2D eigenvalue weighted by molar-refractivity contribution is 0.122. The highest BCUT2D eigenvalue weighted by Gasteiger charge is 2.18. The molecule has 114 valence electrons. The molecule has 0 spiro atoms. The van der Waals surface area contributed by atoms with Crippen LogP contribution < -0.4 is 10.2 Å². The van der Waals surface area contributed by atoms with Gasteiger partial charge in [-0.1, -0.05) is 0 Å². The third-order valence-electron chi connectivity index (χ3n) is 3.54. The van der Waals surface area contributed by atoms with Crippen LogP contribution >= 0.6 is 11.3 Å². The summed E-state index contributed by atoms with van der Waals surface area (Å²) >= 11 is 1.67. The fourth-order valence-corrected chi connectivity index (χ4v) is 3.34. The fraction of sp³-hybridized carbons (Fsp3) is 0.357. The van der Waals surface area contributed by atoms with Crippen molar-refractivity contribution < 1.29 is 4.74 Å². The molecule has 0 bridgehead atoms. The summed E-state index contributed by atoms with van der Waals surface area (Å²) in [6, 6.07) is 3.95. The van der Waals surface area contributed by atoms with E-state index in [0.717, 1.165) is 53.8 Å². The predicted molar refractivity (Wildman–Crippen MR) is 87.1 cm³/mol. The number of hydrogen-bond donors (Lipinski definition) is 2. The van der Waals surface area contributed by atoms with Gasteiger partial charge in [-0.2, -0.15) is 10.1 Å². The van der Waals surface area contributed by atoms with E-state index in [-0.39, 0.29) is 0 Å². The van der Waals surface area contributed by atoms with E-state index in [9.17, 15) is 0 Å². The van der Waals surface area contributed by atoms with Crippen LogP contribution in [0.2, 0.25) is 0 Å². The molecule has 1 saturated heterocycles. The van der Waals surface area contributed by atoms with Gasteiger partial charge in [0.25, 0.3) is 0 Å². The van der Waals surface area contributed by atoms with Crippen molar-refractivity contribution in [2.75, 3.05) is 36.5 Å². The number of rotatable bonds is 3. The number of fused-ring (bicyclic) bond motifs is 1. The Hall–Kier alpha value is -2.19. The Bertz CT molecular complexity index is 792. The van der Waals surface area contributed by atoms with Crippen molar-refractivity contribution >= 4 is 39.1 Å². The van der Waals surface area contributed by atoms with Crippen LogP contribution in [0.3, 0.4) is 0 Å². The minimum atomic E-state index is 0.568. The SMILES string of the molecule is Cc1cc(Nc2nc(N3CCOCC3)c3sccc3n2)n[nH]1. The number of morpholine rings is 1. The summed E-state index contributed by atoms with van der Waals surface area (Å²) in [6.45, 7) is 5.13. The third kappa shape index (κ3) is 2.51. The van der Waals surface area contributed by atoms with Crippen LogP contribution in [0.25, 0.3) is 10.2 Å². The molecule has 0 aromatic carbocycles. The van der Waals surface area contributed by atoms with Crippen molar-refractivity contribution in [3.05, 3.63) is 23.2 Å². The Morgan fingerprint density at radius 3 is 2.95 bits per heavy atom. The molecule has 0 radical (unpaired) electrons. The van der Waals surface area contributed by atoms with Gasteiger partial charge in [0, 0.05) is 24.8 Å². The summed E-state index contributed by atoms with van der Waals surface area (Å²) in [5.41, 5.74) is 1.95. The Balaban J connectivity index is 1.72. The van der Waals surface area contributed by atoms with Crippen molar-refractivity contribution in [3.8, 4) is 0 Å². The molecule has 1 fully saturated rings. The van der Waals surface area contributed by atoms with Gasteiger partial charge in [0.15, 0.2) is 11.6 Å². The van der Waals surface area contributed by atoms with Gasteiger partial charge in [-0.25, -0.2) is 4.98 Å². The molecule has 8 heteroatoms. The van der Waals surface area contributed by atoms with Gasteiger partial charge >= 0.3 is 0 Å². The van der Waals surface area contributed by atoms with Gasteiger partial charge in [-0.05, 0) is 18.4 Å². The van der Waals surface area contributed by atoms with Crippen molar-refractivity contribution in [3.63, 3.8) is 0 Å². The zero-order valence-corrected chi connectivity index (χ0v) is 13.0. The number of ether oxygens (including phenoxy) is 1. The average molecular weight is 316 g/mol. The molecule has 1 aliphatic heterocycles. The standard InChI is InChI=1S/C14H16N6OS/c1-9-8-11(19-18-9)16-14-15-10-2-7-22-12(10)13(17-14)20-3-5-21-6-4-20/h2,7-8H,3-6H2,1H3,(H2,15,16,17,18,19). The molecule has 4 heterocycles. The Morgan fingerprint density at radius 1 is 1.32 bits per heavy atom. The molecule has 3 aromatic rings. The minimum absolute atomic E-state index is 0.568. The second-order valence-corrected chi connectivity index (χ2v) is 6.08. The summed E-state index contributed by atoms with van der Waals surface area (Å²) in [4.78, 5) is 11.5. The van der Waals surface area contributed by atoms with E-state index in [1.807, 2.05) is 24.4 Å². The van der Waals surface area contributed by atoms with Gasteiger partial charge in [0.2, 0.25) is 5.95 Å². The smallest absolute Gasteiger partial charge is 0.231 e. The van der Waals surface area contributed by atoms with Gasteiger partial charge in [0.05, 0.1) is 23.4 Å². The second-order valence-electron chi connectivity index (χ2n) is 5.17. The number of thiophene rings is 1. The summed E-state index contributed by atoms with van der Waals surface area (Å²) in [5.74, 6) is 2.26. The lowest BCUT2D eigenvalue weighted by atomic mass is 10.3. The van der Waals surface area contributed by atoms with Crippen LogP contribution in [0.15, 0.2) is 17.5 Å². The first kappa shape index (κ1) is 13.5. The van der Waals surface area contributed by atoms with Crippen molar-refractivity contribution in [2.45, 2.75) is 6.92 Å². The Labute approximate surface area is 131 Å². The highest BCUT2D eigenvalue weighted by Crippen LogP contribution is 2.31. The van der Waals surface area contributed by atoms with E-state index in [2.05, 4.69) is 25.4 Å². The molecule has 22 heavy (non-hydrogen) atoms. The molecular formula is C14H16N6OS. The highest BCUT2D eigenvalue weighted by molar-refractivity contribution is 7.17. The maximum atomic E-state index is 5.43. The Morgan fingerprint density at radius 2 is 2.18 bits per heavy atom. The zero-order chi connectivity index (χ0) is 14.9. The highest BCUT2D eigenvalue weighted by atomic mass is 32.1. The predicted octanol–water partition coefficient (Wildman–Crippen LogP) is 2.30. The van der Waals surface area contributed by atoms with Crippen LogP contribution in [0.5, 0.6) is 0 Å². The number of aryl methyl sites for hydroxylation is 1. The van der Waals surface area contributed by atoms with Crippen molar-refractivity contribution in [1.82, 2.24) is 20.2 Å². The molecule has 3 aromatic heterocycles. The van der Waals surface area contributed by atoms with E-state index in [4.69, 9.17) is 9.72 Å². The van der Waals surface area contributed by atoms with Crippen molar-refractivity contribution in [2.24, 2.45) is 0 Å². The summed E-state index contributed by atoms with van der Waals surface area (Å²) in [5, 5.41) is 12.3. The third-order valence-corrected chi connectivity index (χ3v) is 4.44. The fourth-order valence-electron chi connectivity index (χ4n) is 2.49. The number of hydrogen-bond acceptors (Lipinski definition) is 7. The lowest BCUT2D eigenvalue weighted by Gasteiger charge is -2.28. The molecule has 0 aliphatic carbocycles. The number of aromatic nitrogens is 4. The quantitative estimate of drug-likeness (QED) is 0.772. The number of nitrogens with zero attached hydrogens (tertiary/aromatic N) is 4. The average Bonchev–Trinajstić information content (AvgIpc) is 3.16. The first-order valence-electron chi connectivity index (χ1n) is 7.16. The monoisotopic (exact) mass is 316 g/mol. The topological polar surface area (TPSA) is 79.0 Å². The van der Waals surface area contributed by atoms with Crippen LogP contribution in [-0.2, 0) is 4.74 Å². The van der Waals surface area contributed by atoms with E-state index in [1.54, 1.807) is 11.3 Å². The van der Waals surface area contributed by atoms with Gasteiger partial charge in [0.1, 0.15) is 0 Å². The molecule has 4 rings (SSSR count). The molecule has 7 nitrogen and oxygen atoms in total. The van der Waals surface area contributed by atoms with E-state index in [0.29, 0.717) is 5.95 Å². The maximum absolute atomic E-state index is 5.43. The molecule has 2 N–H and O–H groups in total. The summed E-state index contributed by atoms with van der Waals surface area (Å²) in [6.07, 6.45) is 0. The van der Waals surface area contributed by atoms with Crippen molar-refractivity contribution in [1.29, 1.82) is 0 Å². The normalized spacial score (nSPS) is 15.4.